The van der Waals surface area contributed by atoms with E-state index < -0.39 is 0 Å². The fourth-order valence-electron chi connectivity index (χ4n) is 2.92. The van der Waals surface area contributed by atoms with Crippen LogP contribution < -0.4 is 0 Å². The van der Waals surface area contributed by atoms with Gasteiger partial charge in [0.25, 0.3) is 0 Å². The fourth-order valence-corrected chi connectivity index (χ4v) is 2.92. The maximum Gasteiger partial charge on any atom is 0.143 e. The normalized spacial score (nSPS) is 12.2. The van der Waals surface area contributed by atoms with E-state index in [9.17, 15) is 0 Å². The number of fused-ring (bicyclic) bond motifs is 8. The van der Waals surface area contributed by atoms with Gasteiger partial charge in [-0.15, -0.1) is 0 Å². The maximum atomic E-state index is 5.70. The molecule has 0 unspecified atom stereocenters. The molecule has 0 aliphatic rings. The second kappa shape index (κ2) is 3.01. The molecule has 19 heavy (non-hydrogen) atoms. The van der Waals surface area contributed by atoms with Crippen LogP contribution in [0, 0.1) is 0 Å². The quantitative estimate of drug-likeness (QED) is 0.383. The molecule has 3 heteroatoms. The standard InChI is InChI=1S/C16H8O3/c1-2-12-14(13-8-17-7-9(1)13)16-11(4-6-19-16)10-3-5-18-15(10)12/h1-8H. The summed E-state index contributed by atoms with van der Waals surface area (Å²) >= 11 is 0. The van der Waals surface area contributed by atoms with Crippen LogP contribution in [-0.4, -0.2) is 0 Å². The van der Waals surface area contributed by atoms with E-state index in [0.717, 1.165) is 43.5 Å². The second-order valence-electron chi connectivity index (χ2n) is 4.69. The molecule has 5 aromatic rings. The molecule has 3 heterocycles. The van der Waals surface area contributed by atoms with Crippen LogP contribution in [0.25, 0.3) is 43.5 Å². The van der Waals surface area contributed by atoms with Crippen LogP contribution in [0.5, 0.6) is 0 Å². The van der Waals surface area contributed by atoms with Crippen molar-refractivity contribution >= 4 is 43.5 Å². The highest BCUT2D eigenvalue weighted by Gasteiger charge is 2.15. The molecule has 0 spiro atoms. The Labute approximate surface area is 107 Å². The van der Waals surface area contributed by atoms with Crippen molar-refractivity contribution in [3.05, 3.63) is 49.3 Å². The van der Waals surface area contributed by atoms with Gasteiger partial charge < -0.3 is 13.3 Å². The van der Waals surface area contributed by atoms with Crippen LogP contribution in [0.4, 0.5) is 0 Å². The van der Waals surface area contributed by atoms with E-state index in [0.29, 0.717) is 0 Å². The molecule has 3 aromatic heterocycles. The minimum absolute atomic E-state index is 0.885. The number of furan rings is 3. The predicted octanol–water partition coefficient (Wildman–Crippen LogP) is 5.08. The summed E-state index contributed by atoms with van der Waals surface area (Å²) in [5.74, 6) is 0. The third-order valence-electron chi connectivity index (χ3n) is 3.75. The van der Waals surface area contributed by atoms with E-state index in [4.69, 9.17) is 13.3 Å². The monoisotopic (exact) mass is 248 g/mol. The summed E-state index contributed by atoms with van der Waals surface area (Å²) in [7, 11) is 0. The molecule has 0 saturated carbocycles. The molecule has 0 amide bonds. The van der Waals surface area contributed by atoms with E-state index >= 15 is 0 Å². The highest BCUT2D eigenvalue weighted by Crippen LogP contribution is 2.39. The van der Waals surface area contributed by atoms with Gasteiger partial charge in [-0.2, -0.15) is 0 Å². The SMILES string of the molecule is c1cc2c3ccoc3c3c4cocc4ccc3c2o1. The molecule has 0 radical (unpaired) electrons. The zero-order chi connectivity index (χ0) is 12.4. The van der Waals surface area contributed by atoms with Crippen LogP contribution >= 0.6 is 0 Å². The molecule has 3 nitrogen and oxygen atoms in total. The molecule has 2 aromatic carbocycles. The van der Waals surface area contributed by atoms with Gasteiger partial charge in [-0.3, -0.25) is 0 Å². The Morgan fingerprint density at radius 3 is 2.32 bits per heavy atom. The summed E-state index contributed by atoms with van der Waals surface area (Å²) in [6.45, 7) is 0. The van der Waals surface area contributed by atoms with Gasteiger partial charge in [0.1, 0.15) is 11.2 Å². The van der Waals surface area contributed by atoms with Gasteiger partial charge in [0.2, 0.25) is 0 Å². The first-order valence-corrected chi connectivity index (χ1v) is 6.08. The van der Waals surface area contributed by atoms with Crippen molar-refractivity contribution < 1.29 is 13.3 Å². The lowest BCUT2D eigenvalue weighted by molar-refractivity contribution is 0.572. The largest absolute Gasteiger partial charge is 0.471 e. The Bertz CT molecular complexity index is 1060. The summed E-state index contributed by atoms with van der Waals surface area (Å²) in [6, 6.07) is 8.05. The lowest BCUT2D eigenvalue weighted by atomic mass is 10.0. The molecule has 90 valence electrons. The van der Waals surface area contributed by atoms with Crippen molar-refractivity contribution in [2.75, 3.05) is 0 Å². The molecule has 0 atom stereocenters. The van der Waals surface area contributed by atoms with Crippen LogP contribution in [-0.2, 0) is 0 Å². The van der Waals surface area contributed by atoms with Crippen LogP contribution in [0.1, 0.15) is 0 Å². The minimum Gasteiger partial charge on any atom is -0.471 e. The molecular weight excluding hydrogens is 240 g/mol. The number of benzene rings is 2. The first-order valence-electron chi connectivity index (χ1n) is 6.08. The smallest absolute Gasteiger partial charge is 0.143 e. The topological polar surface area (TPSA) is 39.4 Å². The lowest BCUT2D eigenvalue weighted by Crippen LogP contribution is -1.77. The van der Waals surface area contributed by atoms with E-state index in [-0.39, 0.29) is 0 Å². The van der Waals surface area contributed by atoms with Crippen molar-refractivity contribution in [2.24, 2.45) is 0 Å². The third-order valence-corrected chi connectivity index (χ3v) is 3.75. The Morgan fingerprint density at radius 2 is 1.42 bits per heavy atom. The molecule has 0 aliphatic heterocycles. The Kier molecular flexibility index (Phi) is 1.47. The van der Waals surface area contributed by atoms with Gasteiger partial charge in [0.15, 0.2) is 0 Å². The summed E-state index contributed by atoms with van der Waals surface area (Å²) in [5.41, 5.74) is 1.78. The van der Waals surface area contributed by atoms with Crippen molar-refractivity contribution in [1.29, 1.82) is 0 Å². The fraction of sp³-hybridized carbons (Fsp3) is 0. The van der Waals surface area contributed by atoms with Gasteiger partial charge in [-0.05, 0) is 18.2 Å². The Balaban J connectivity index is 2.30. The van der Waals surface area contributed by atoms with E-state index in [1.54, 1.807) is 25.1 Å². The summed E-state index contributed by atoms with van der Waals surface area (Å²) in [5, 5.41) is 6.38. The van der Waals surface area contributed by atoms with Gasteiger partial charge >= 0.3 is 0 Å². The van der Waals surface area contributed by atoms with Crippen molar-refractivity contribution in [3.8, 4) is 0 Å². The Morgan fingerprint density at radius 1 is 0.632 bits per heavy atom. The average molecular weight is 248 g/mol. The molecule has 0 bridgehead atoms. The van der Waals surface area contributed by atoms with Crippen molar-refractivity contribution in [3.63, 3.8) is 0 Å². The predicted molar refractivity (Wildman–Crippen MR) is 73.3 cm³/mol. The minimum atomic E-state index is 0.885. The third kappa shape index (κ3) is 0.993. The van der Waals surface area contributed by atoms with Gasteiger partial charge in [-0.25, -0.2) is 0 Å². The summed E-state index contributed by atoms with van der Waals surface area (Å²) < 4.78 is 16.7. The number of rotatable bonds is 0. The van der Waals surface area contributed by atoms with Gasteiger partial charge in [-0.1, -0.05) is 6.07 Å². The van der Waals surface area contributed by atoms with Crippen LogP contribution in [0.15, 0.2) is 62.6 Å². The lowest BCUT2D eigenvalue weighted by Gasteiger charge is -2.02. The van der Waals surface area contributed by atoms with Crippen LogP contribution in [0.2, 0.25) is 0 Å². The van der Waals surface area contributed by atoms with Crippen LogP contribution in [0.3, 0.4) is 0 Å². The molecule has 0 N–H and O–H groups in total. The van der Waals surface area contributed by atoms with Gasteiger partial charge in [0, 0.05) is 32.3 Å². The van der Waals surface area contributed by atoms with Gasteiger partial charge in [0.05, 0.1) is 25.1 Å². The van der Waals surface area contributed by atoms with E-state index in [1.807, 2.05) is 18.2 Å². The average Bonchev–Trinajstić information content (AvgIpc) is 3.17. The first kappa shape index (κ1) is 9.28. The number of hydrogen-bond donors (Lipinski definition) is 0. The molecular formula is C16H8O3. The summed E-state index contributed by atoms with van der Waals surface area (Å²) in [4.78, 5) is 0. The molecule has 0 saturated heterocycles. The van der Waals surface area contributed by atoms with Crippen molar-refractivity contribution in [1.82, 2.24) is 0 Å². The summed E-state index contributed by atoms with van der Waals surface area (Å²) in [6.07, 6.45) is 6.94. The molecule has 5 rings (SSSR count). The van der Waals surface area contributed by atoms with Crippen molar-refractivity contribution in [2.45, 2.75) is 0 Å². The molecule has 0 aliphatic carbocycles. The second-order valence-corrected chi connectivity index (χ2v) is 4.69. The van der Waals surface area contributed by atoms with E-state index in [1.165, 1.54) is 0 Å². The van der Waals surface area contributed by atoms with E-state index in [2.05, 4.69) is 6.07 Å². The maximum absolute atomic E-state index is 5.70. The zero-order valence-corrected chi connectivity index (χ0v) is 9.84. The Hall–Kier alpha value is -2.68. The highest BCUT2D eigenvalue weighted by atomic mass is 16.3. The highest BCUT2D eigenvalue weighted by molar-refractivity contribution is 6.28. The first-order chi connectivity index (χ1) is 9.43. The molecule has 0 fully saturated rings. The number of hydrogen-bond acceptors (Lipinski definition) is 3. The zero-order valence-electron chi connectivity index (χ0n) is 9.84.